The van der Waals surface area contributed by atoms with Crippen molar-refractivity contribution in [2.24, 2.45) is 0 Å². The molecule has 0 radical (unpaired) electrons. The Morgan fingerprint density at radius 3 is 2.25 bits per heavy atom. The van der Waals surface area contributed by atoms with Gasteiger partial charge in [0.2, 0.25) is 0 Å². The number of nitrogens with one attached hydrogen (secondary N) is 2. The van der Waals surface area contributed by atoms with Gasteiger partial charge in [-0.15, -0.1) is 0 Å². The number of carbonyl (C=O) groups excluding carboxylic acids is 1. The number of halogens is 3. The molecule has 186 valence electrons. The standard InChI is InChI=1S/C29H27F3N2O2/c1-20(25-13-7-11-21-8-5-6-12-26(21)25)34-28(35)33-19-18-27(22-9-3-2-4-10-22)36-24-16-14-23(15-17-24)29(30,31)32/h2-17,20,27H,18-19H2,1H3,(H2,33,34,35)/t20-,27+/m1/s1. The number of amides is 2. The fourth-order valence-corrected chi connectivity index (χ4v) is 4.12. The van der Waals surface area contributed by atoms with E-state index in [0.29, 0.717) is 18.7 Å². The van der Waals surface area contributed by atoms with E-state index in [2.05, 4.69) is 10.6 Å². The Balaban J connectivity index is 1.37. The molecule has 0 saturated carbocycles. The molecule has 0 bridgehead atoms. The zero-order valence-electron chi connectivity index (χ0n) is 19.8. The van der Waals surface area contributed by atoms with E-state index < -0.39 is 17.8 Å². The lowest BCUT2D eigenvalue weighted by atomic mass is 10.00. The third-order valence-corrected chi connectivity index (χ3v) is 5.96. The minimum Gasteiger partial charge on any atom is -0.486 e. The first-order chi connectivity index (χ1) is 17.3. The molecule has 0 saturated heterocycles. The van der Waals surface area contributed by atoms with Gasteiger partial charge in [-0.2, -0.15) is 13.2 Å². The minimum atomic E-state index is -4.40. The molecule has 4 nitrogen and oxygen atoms in total. The van der Waals surface area contributed by atoms with Crippen molar-refractivity contribution in [3.63, 3.8) is 0 Å². The summed E-state index contributed by atoms with van der Waals surface area (Å²) in [4.78, 5) is 12.6. The Kier molecular flexibility index (Phi) is 7.78. The van der Waals surface area contributed by atoms with Gasteiger partial charge in [0.15, 0.2) is 0 Å². The number of ether oxygens (including phenoxy) is 1. The van der Waals surface area contributed by atoms with Crippen molar-refractivity contribution in [3.8, 4) is 5.75 Å². The second-order valence-corrected chi connectivity index (χ2v) is 8.52. The van der Waals surface area contributed by atoms with E-state index in [-0.39, 0.29) is 12.1 Å². The van der Waals surface area contributed by atoms with E-state index >= 15 is 0 Å². The van der Waals surface area contributed by atoms with Crippen LogP contribution < -0.4 is 15.4 Å². The lowest BCUT2D eigenvalue weighted by Crippen LogP contribution is -2.38. The van der Waals surface area contributed by atoms with Gasteiger partial charge in [0.05, 0.1) is 11.6 Å². The van der Waals surface area contributed by atoms with Crippen molar-refractivity contribution in [1.82, 2.24) is 10.6 Å². The first kappa shape index (κ1) is 25.1. The van der Waals surface area contributed by atoms with Crippen LogP contribution in [-0.4, -0.2) is 12.6 Å². The van der Waals surface area contributed by atoms with Gasteiger partial charge >= 0.3 is 12.2 Å². The molecule has 36 heavy (non-hydrogen) atoms. The summed E-state index contributed by atoms with van der Waals surface area (Å²) in [5, 5.41) is 8.03. The van der Waals surface area contributed by atoms with Crippen molar-refractivity contribution >= 4 is 16.8 Å². The van der Waals surface area contributed by atoms with Crippen LogP contribution in [-0.2, 0) is 6.18 Å². The van der Waals surface area contributed by atoms with Crippen LogP contribution in [0.5, 0.6) is 5.75 Å². The number of urea groups is 1. The number of alkyl halides is 3. The van der Waals surface area contributed by atoms with Gasteiger partial charge < -0.3 is 15.4 Å². The molecule has 0 aliphatic rings. The van der Waals surface area contributed by atoms with Crippen LogP contribution in [0.4, 0.5) is 18.0 Å². The monoisotopic (exact) mass is 492 g/mol. The predicted octanol–water partition coefficient (Wildman–Crippen LogP) is 7.43. The summed E-state index contributed by atoms with van der Waals surface area (Å²) in [5.74, 6) is 0.325. The van der Waals surface area contributed by atoms with Crippen LogP contribution in [0.1, 0.15) is 42.2 Å². The van der Waals surface area contributed by atoms with Gasteiger partial charge in [0.25, 0.3) is 0 Å². The maximum absolute atomic E-state index is 12.9. The van der Waals surface area contributed by atoms with Gasteiger partial charge in [-0.1, -0.05) is 72.8 Å². The minimum absolute atomic E-state index is 0.204. The van der Waals surface area contributed by atoms with E-state index in [1.807, 2.05) is 79.7 Å². The molecule has 0 fully saturated rings. The molecule has 4 aromatic rings. The van der Waals surface area contributed by atoms with E-state index in [0.717, 1.165) is 34.0 Å². The van der Waals surface area contributed by atoms with E-state index in [1.165, 1.54) is 12.1 Å². The highest BCUT2D eigenvalue weighted by molar-refractivity contribution is 5.86. The zero-order chi connectivity index (χ0) is 25.5. The summed E-state index contributed by atoms with van der Waals surface area (Å²) < 4.78 is 44.6. The van der Waals surface area contributed by atoms with Gasteiger partial charge in [-0.05, 0) is 53.1 Å². The molecule has 7 heteroatoms. The Morgan fingerprint density at radius 1 is 0.861 bits per heavy atom. The Hall–Kier alpha value is -4.00. The number of benzene rings is 4. The van der Waals surface area contributed by atoms with Gasteiger partial charge in [-0.25, -0.2) is 4.79 Å². The Labute approximate surface area is 208 Å². The Bertz CT molecular complexity index is 1290. The first-order valence-corrected chi connectivity index (χ1v) is 11.7. The topological polar surface area (TPSA) is 50.4 Å². The van der Waals surface area contributed by atoms with Gasteiger partial charge in [0, 0.05) is 13.0 Å². The molecular weight excluding hydrogens is 465 g/mol. The molecule has 0 aromatic heterocycles. The molecule has 2 atom stereocenters. The lowest BCUT2D eigenvalue weighted by Gasteiger charge is -2.21. The normalized spacial score (nSPS) is 13.1. The fraction of sp³-hybridized carbons (Fsp3) is 0.207. The molecule has 0 heterocycles. The van der Waals surface area contributed by atoms with Crippen molar-refractivity contribution in [1.29, 1.82) is 0 Å². The van der Waals surface area contributed by atoms with Crippen LogP contribution in [0, 0.1) is 0 Å². The number of hydrogen-bond acceptors (Lipinski definition) is 2. The van der Waals surface area contributed by atoms with Crippen molar-refractivity contribution in [3.05, 3.63) is 114 Å². The van der Waals surface area contributed by atoms with Gasteiger partial charge in [0.1, 0.15) is 11.9 Å². The number of rotatable bonds is 8. The first-order valence-electron chi connectivity index (χ1n) is 11.7. The van der Waals surface area contributed by atoms with E-state index in [4.69, 9.17) is 4.74 Å². The Morgan fingerprint density at radius 2 is 1.53 bits per heavy atom. The number of carbonyl (C=O) groups is 1. The molecule has 0 spiro atoms. The largest absolute Gasteiger partial charge is 0.486 e. The van der Waals surface area contributed by atoms with Crippen LogP contribution >= 0.6 is 0 Å². The van der Waals surface area contributed by atoms with Crippen molar-refractivity contribution in [2.45, 2.75) is 31.7 Å². The summed E-state index contributed by atoms with van der Waals surface area (Å²) in [6, 6.07) is 27.5. The van der Waals surface area contributed by atoms with Crippen LogP contribution in [0.15, 0.2) is 97.1 Å². The highest BCUT2D eigenvalue weighted by Crippen LogP contribution is 2.32. The second-order valence-electron chi connectivity index (χ2n) is 8.52. The average Bonchev–Trinajstić information content (AvgIpc) is 2.88. The molecule has 0 aliphatic heterocycles. The van der Waals surface area contributed by atoms with Crippen LogP contribution in [0.25, 0.3) is 10.8 Å². The molecule has 0 unspecified atom stereocenters. The van der Waals surface area contributed by atoms with E-state index in [1.54, 1.807) is 0 Å². The summed E-state index contributed by atoms with van der Waals surface area (Å²) in [6.45, 7) is 2.25. The fourth-order valence-electron chi connectivity index (χ4n) is 4.12. The predicted molar refractivity (Wildman–Crippen MR) is 135 cm³/mol. The summed E-state index contributed by atoms with van der Waals surface area (Å²) >= 11 is 0. The highest BCUT2D eigenvalue weighted by Gasteiger charge is 2.30. The number of fused-ring (bicyclic) bond motifs is 1. The quantitative estimate of drug-likeness (QED) is 0.269. The maximum Gasteiger partial charge on any atom is 0.416 e. The maximum atomic E-state index is 12.9. The molecule has 2 N–H and O–H groups in total. The molecule has 4 rings (SSSR count). The second kappa shape index (κ2) is 11.2. The zero-order valence-corrected chi connectivity index (χ0v) is 19.8. The highest BCUT2D eigenvalue weighted by atomic mass is 19.4. The lowest BCUT2D eigenvalue weighted by molar-refractivity contribution is -0.137. The third-order valence-electron chi connectivity index (χ3n) is 5.96. The molecule has 2 amide bonds. The third kappa shape index (κ3) is 6.36. The summed E-state index contributed by atoms with van der Waals surface area (Å²) in [6.07, 6.45) is -4.42. The van der Waals surface area contributed by atoms with Crippen LogP contribution in [0.2, 0.25) is 0 Å². The van der Waals surface area contributed by atoms with Gasteiger partial charge in [-0.3, -0.25) is 0 Å². The van der Waals surface area contributed by atoms with E-state index in [9.17, 15) is 18.0 Å². The van der Waals surface area contributed by atoms with Crippen molar-refractivity contribution in [2.75, 3.05) is 6.54 Å². The molecule has 4 aromatic carbocycles. The summed E-state index contributed by atoms with van der Waals surface area (Å²) in [7, 11) is 0. The SMILES string of the molecule is C[C@@H](NC(=O)NCC[C@H](Oc1ccc(C(F)(F)F)cc1)c1ccccc1)c1cccc2ccccc12. The average molecular weight is 493 g/mol. The smallest absolute Gasteiger partial charge is 0.416 e. The number of hydrogen-bond donors (Lipinski definition) is 2. The van der Waals surface area contributed by atoms with Crippen LogP contribution in [0.3, 0.4) is 0 Å². The van der Waals surface area contributed by atoms with Crippen molar-refractivity contribution < 1.29 is 22.7 Å². The molecule has 0 aliphatic carbocycles. The summed E-state index contributed by atoms with van der Waals surface area (Å²) in [5.41, 5.74) is 1.16. The molecular formula is C29H27F3N2O2.